The maximum Gasteiger partial charge on any atom is 0.242 e. The van der Waals surface area contributed by atoms with E-state index in [-0.39, 0.29) is 30.8 Å². The van der Waals surface area contributed by atoms with Crippen molar-refractivity contribution in [1.29, 1.82) is 0 Å². The molecule has 0 saturated carbocycles. The molecule has 0 aliphatic carbocycles. The first-order chi connectivity index (χ1) is 16.7. The third-order valence-corrected chi connectivity index (χ3v) is 6.35. The van der Waals surface area contributed by atoms with E-state index < -0.39 is 6.04 Å². The maximum absolute atomic E-state index is 13.4. The second-order valence-corrected chi connectivity index (χ2v) is 9.24. The molecule has 0 spiro atoms. The van der Waals surface area contributed by atoms with Crippen molar-refractivity contribution in [3.8, 4) is 11.5 Å². The van der Waals surface area contributed by atoms with Gasteiger partial charge in [0, 0.05) is 29.1 Å². The number of benzene rings is 2. The lowest BCUT2D eigenvalue weighted by atomic mass is 10.1. The summed E-state index contributed by atoms with van der Waals surface area (Å²) in [5, 5.41) is 3.94. The minimum atomic E-state index is -0.664. The second kappa shape index (κ2) is 14.2. The number of aryl methyl sites for hydroxylation is 1. The second-order valence-electron chi connectivity index (χ2n) is 8.40. The van der Waals surface area contributed by atoms with Crippen molar-refractivity contribution in [2.45, 2.75) is 72.5 Å². The van der Waals surface area contributed by atoms with Crippen molar-refractivity contribution < 1.29 is 19.1 Å². The first-order valence-electron chi connectivity index (χ1n) is 12.1. The number of hydrogen-bond acceptors (Lipinski definition) is 4. The van der Waals surface area contributed by atoms with Crippen LogP contribution in [0.1, 0.15) is 58.6 Å². The SMILES string of the molecule is CCOc1ccc(CCC(=O)N(Cc2ccc(Cl)cc2Cl)[C@@H](C)C(=O)N[C@H](C)CC)cc1OCC. The van der Waals surface area contributed by atoms with Gasteiger partial charge in [0.2, 0.25) is 11.8 Å². The van der Waals surface area contributed by atoms with Gasteiger partial charge in [-0.05, 0) is 75.9 Å². The molecule has 2 aromatic rings. The highest BCUT2D eigenvalue weighted by molar-refractivity contribution is 6.35. The topological polar surface area (TPSA) is 67.9 Å². The lowest BCUT2D eigenvalue weighted by Crippen LogP contribution is -2.49. The largest absolute Gasteiger partial charge is 0.490 e. The van der Waals surface area contributed by atoms with Gasteiger partial charge in [-0.1, -0.05) is 42.3 Å². The maximum atomic E-state index is 13.4. The van der Waals surface area contributed by atoms with E-state index in [9.17, 15) is 9.59 Å². The molecular formula is C27H36Cl2N2O4. The third kappa shape index (κ3) is 8.62. The fraction of sp³-hybridized carbons (Fsp3) is 0.481. The zero-order valence-electron chi connectivity index (χ0n) is 21.2. The van der Waals surface area contributed by atoms with Gasteiger partial charge in [-0.2, -0.15) is 0 Å². The third-order valence-electron chi connectivity index (χ3n) is 5.76. The summed E-state index contributed by atoms with van der Waals surface area (Å²) < 4.78 is 11.3. The Kier molecular flexibility index (Phi) is 11.7. The summed E-state index contributed by atoms with van der Waals surface area (Å²) in [6.45, 7) is 10.8. The minimum Gasteiger partial charge on any atom is -0.490 e. The van der Waals surface area contributed by atoms with E-state index in [2.05, 4.69) is 5.32 Å². The van der Waals surface area contributed by atoms with Crippen molar-refractivity contribution in [1.82, 2.24) is 10.2 Å². The van der Waals surface area contributed by atoms with Crippen LogP contribution in [0.15, 0.2) is 36.4 Å². The van der Waals surface area contributed by atoms with Crippen LogP contribution in [-0.2, 0) is 22.6 Å². The average molecular weight is 524 g/mol. The van der Waals surface area contributed by atoms with E-state index in [1.165, 1.54) is 0 Å². The van der Waals surface area contributed by atoms with Crippen LogP contribution in [0.2, 0.25) is 10.0 Å². The first-order valence-corrected chi connectivity index (χ1v) is 12.9. The van der Waals surface area contributed by atoms with Crippen LogP contribution in [0.5, 0.6) is 11.5 Å². The molecule has 2 rings (SSSR count). The highest BCUT2D eigenvalue weighted by Gasteiger charge is 2.27. The van der Waals surface area contributed by atoms with Crippen molar-refractivity contribution in [3.63, 3.8) is 0 Å². The predicted molar refractivity (Wildman–Crippen MR) is 141 cm³/mol. The molecule has 2 atom stereocenters. The Morgan fingerprint density at radius 2 is 1.66 bits per heavy atom. The van der Waals surface area contributed by atoms with E-state index in [1.807, 2.05) is 45.9 Å². The molecule has 0 unspecified atom stereocenters. The van der Waals surface area contributed by atoms with Gasteiger partial charge in [0.1, 0.15) is 6.04 Å². The van der Waals surface area contributed by atoms with Crippen molar-refractivity contribution in [2.75, 3.05) is 13.2 Å². The normalized spacial score (nSPS) is 12.5. The molecule has 0 bridgehead atoms. The van der Waals surface area contributed by atoms with Gasteiger partial charge in [-0.3, -0.25) is 9.59 Å². The summed E-state index contributed by atoms with van der Waals surface area (Å²) in [5.41, 5.74) is 1.68. The quantitative estimate of drug-likeness (QED) is 0.347. The van der Waals surface area contributed by atoms with Gasteiger partial charge in [0.25, 0.3) is 0 Å². The summed E-state index contributed by atoms with van der Waals surface area (Å²) in [6.07, 6.45) is 1.52. The number of nitrogens with zero attached hydrogens (tertiary/aromatic N) is 1. The monoisotopic (exact) mass is 522 g/mol. The van der Waals surface area contributed by atoms with Crippen molar-refractivity contribution in [3.05, 3.63) is 57.6 Å². The van der Waals surface area contributed by atoms with Crippen LogP contribution in [0, 0.1) is 0 Å². The molecule has 2 amide bonds. The van der Waals surface area contributed by atoms with Crippen LogP contribution >= 0.6 is 23.2 Å². The average Bonchev–Trinajstić information content (AvgIpc) is 2.83. The van der Waals surface area contributed by atoms with Gasteiger partial charge < -0.3 is 19.7 Å². The van der Waals surface area contributed by atoms with Crippen molar-refractivity contribution in [2.24, 2.45) is 0 Å². The Labute approximate surface area is 218 Å². The van der Waals surface area contributed by atoms with E-state index in [4.69, 9.17) is 32.7 Å². The summed E-state index contributed by atoms with van der Waals surface area (Å²) in [7, 11) is 0. The number of carbonyl (C=O) groups is 2. The molecule has 1 N–H and O–H groups in total. The molecule has 0 aliphatic rings. The molecule has 0 heterocycles. The summed E-state index contributed by atoms with van der Waals surface area (Å²) in [5.74, 6) is 0.997. The molecule has 0 radical (unpaired) electrons. The molecule has 8 heteroatoms. The Hall–Kier alpha value is -2.44. The molecule has 192 valence electrons. The Morgan fingerprint density at radius 3 is 2.29 bits per heavy atom. The molecule has 0 fully saturated rings. The number of amides is 2. The predicted octanol–water partition coefficient (Wildman–Crippen LogP) is 6.06. The van der Waals surface area contributed by atoms with Crippen LogP contribution in [0.25, 0.3) is 0 Å². The van der Waals surface area contributed by atoms with Gasteiger partial charge in [0.15, 0.2) is 11.5 Å². The van der Waals surface area contributed by atoms with Gasteiger partial charge in [-0.15, -0.1) is 0 Å². The molecule has 0 saturated heterocycles. The molecule has 35 heavy (non-hydrogen) atoms. The Bertz CT molecular complexity index is 999. The number of rotatable bonds is 13. The standard InChI is InChI=1S/C27H36Cl2N2O4/c1-6-18(4)30-27(33)19(5)31(17-21-11-12-22(28)16-23(21)29)26(32)14-10-20-9-13-24(34-7-2)25(15-20)35-8-3/h9,11-13,15-16,18-19H,6-8,10,14,17H2,1-5H3,(H,30,33)/t18-,19+/m1/s1. The zero-order valence-corrected chi connectivity index (χ0v) is 22.7. The zero-order chi connectivity index (χ0) is 26.0. The smallest absolute Gasteiger partial charge is 0.242 e. The number of carbonyl (C=O) groups excluding carboxylic acids is 2. The fourth-order valence-electron chi connectivity index (χ4n) is 3.53. The Balaban J connectivity index is 2.22. The summed E-state index contributed by atoms with van der Waals surface area (Å²) >= 11 is 12.4. The fourth-order valence-corrected chi connectivity index (χ4v) is 4.00. The minimum absolute atomic E-state index is 0.0156. The van der Waals surface area contributed by atoms with Gasteiger partial charge in [-0.25, -0.2) is 0 Å². The van der Waals surface area contributed by atoms with E-state index >= 15 is 0 Å². The first kappa shape index (κ1) is 28.8. The molecular weight excluding hydrogens is 487 g/mol. The highest BCUT2D eigenvalue weighted by Crippen LogP contribution is 2.29. The molecule has 2 aromatic carbocycles. The summed E-state index contributed by atoms with van der Waals surface area (Å²) in [6, 6.07) is 10.2. The number of nitrogens with one attached hydrogen (secondary N) is 1. The van der Waals surface area contributed by atoms with Crippen LogP contribution in [-0.4, -0.2) is 42.0 Å². The summed E-state index contributed by atoms with van der Waals surface area (Å²) in [4.78, 5) is 27.9. The van der Waals surface area contributed by atoms with Crippen molar-refractivity contribution >= 4 is 35.0 Å². The molecule has 0 aromatic heterocycles. The number of halogens is 2. The lowest BCUT2D eigenvalue weighted by Gasteiger charge is -2.30. The van der Waals surface area contributed by atoms with Gasteiger partial charge >= 0.3 is 0 Å². The Morgan fingerprint density at radius 1 is 0.971 bits per heavy atom. The number of hydrogen-bond donors (Lipinski definition) is 1. The van der Waals surface area contributed by atoms with Crippen LogP contribution in [0.4, 0.5) is 0 Å². The molecule has 0 aliphatic heterocycles. The molecule has 6 nitrogen and oxygen atoms in total. The highest BCUT2D eigenvalue weighted by atomic mass is 35.5. The van der Waals surface area contributed by atoms with E-state index in [0.717, 1.165) is 17.5 Å². The van der Waals surface area contributed by atoms with Crippen LogP contribution in [0.3, 0.4) is 0 Å². The van der Waals surface area contributed by atoms with E-state index in [0.29, 0.717) is 41.2 Å². The van der Waals surface area contributed by atoms with Crippen LogP contribution < -0.4 is 14.8 Å². The van der Waals surface area contributed by atoms with Gasteiger partial charge in [0.05, 0.1) is 13.2 Å². The van der Waals surface area contributed by atoms with E-state index in [1.54, 1.807) is 30.0 Å². The number of ether oxygens (including phenoxy) is 2. The lowest BCUT2D eigenvalue weighted by molar-refractivity contribution is -0.140.